The van der Waals surface area contributed by atoms with Crippen LogP contribution in [0.4, 0.5) is 13.2 Å². The molecular formula is C19H19F3N2O2. The fourth-order valence-corrected chi connectivity index (χ4v) is 3.02. The first kappa shape index (κ1) is 18.2. The van der Waals surface area contributed by atoms with Gasteiger partial charge in [-0.05, 0) is 49.9 Å². The van der Waals surface area contributed by atoms with Gasteiger partial charge in [0.25, 0.3) is 5.91 Å². The Morgan fingerprint density at radius 3 is 2.50 bits per heavy atom. The van der Waals surface area contributed by atoms with Crippen LogP contribution in [0.25, 0.3) is 0 Å². The molecule has 0 saturated heterocycles. The average molecular weight is 364 g/mol. The van der Waals surface area contributed by atoms with Crippen LogP contribution in [0.15, 0.2) is 48.7 Å². The maximum absolute atomic E-state index is 12.8. The number of nitrogens with one attached hydrogen (secondary N) is 1. The number of amides is 1. The highest BCUT2D eigenvalue weighted by Crippen LogP contribution is 2.29. The Labute approximate surface area is 149 Å². The second-order valence-electron chi connectivity index (χ2n) is 6.31. The Hall–Kier alpha value is -2.57. The van der Waals surface area contributed by atoms with Gasteiger partial charge < -0.3 is 10.1 Å². The van der Waals surface area contributed by atoms with E-state index in [4.69, 9.17) is 4.74 Å². The van der Waals surface area contributed by atoms with E-state index in [0.717, 1.165) is 25.0 Å². The number of carbonyl (C=O) groups is 1. The van der Waals surface area contributed by atoms with Crippen molar-refractivity contribution in [1.29, 1.82) is 0 Å². The molecule has 0 spiro atoms. The van der Waals surface area contributed by atoms with Crippen LogP contribution in [-0.4, -0.2) is 23.0 Å². The summed E-state index contributed by atoms with van der Waals surface area (Å²) in [5.41, 5.74) is -0.802. The summed E-state index contributed by atoms with van der Waals surface area (Å²) in [6.07, 6.45) is 0.165. The van der Waals surface area contributed by atoms with Crippen LogP contribution in [0.3, 0.4) is 0 Å². The summed E-state index contributed by atoms with van der Waals surface area (Å²) in [4.78, 5) is 16.4. The van der Waals surface area contributed by atoms with E-state index >= 15 is 0 Å². The summed E-state index contributed by atoms with van der Waals surface area (Å²) in [6, 6.07) is 9.86. The molecule has 1 saturated carbocycles. The lowest BCUT2D eigenvalue weighted by atomic mass is 9.92. The third kappa shape index (κ3) is 4.74. The number of aromatic nitrogens is 1. The molecule has 1 amide bonds. The average Bonchev–Trinajstić information content (AvgIpc) is 2.63. The fraction of sp³-hybridized carbons (Fsp3) is 0.368. The molecule has 26 heavy (non-hydrogen) atoms. The van der Waals surface area contributed by atoms with Crippen molar-refractivity contribution in [3.63, 3.8) is 0 Å². The smallest absolute Gasteiger partial charge is 0.416 e. The molecule has 0 aliphatic heterocycles. The summed E-state index contributed by atoms with van der Waals surface area (Å²) in [5.74, 6) is 0.0918. The minimum atomic E-state index is -4.46. The Kier molecular flexibility index (Phi) is 5.44. The normalized spacial score (nSPS) is 20.4. The highest BCUT2D eigenvalue weighted by molar-refractivity contribution is 5.94. The maximum atomic E-state index is 12.8. The van der Waals surface area contributed by atoms with Crippen molar-refractivity contribution >= 4 is 5.91 Å². The molecule has 4 nitrogen and oxygen atoms in total. The van der Waals surface area contributed by atoms with Gasteiger partial charge in [-0.25, -0.2) is 4.98 Å². The Morgan fingerprint density at radius 1 is 1.08 bits per heavy atom. The summed E-state index contributed by atoms with van der Waals surface area (Å²) in [6.45, 7) is 0. The van der Waals surface area contributed by atoms with Crippen LogP contribution in [0.5, 0.6) is 5.88 Å². The van der Waals surface area contributed by atoms with Gasteiger partial charge in [-0.15, -0.1) is 0 Å². The molecule has 3 rings (SSSR count). The molecule has 138 valence electrons. The van der Waals surface area contributed by atoms with Crippen molar-refractivity contribution in [3.8, 4) is 5.88 Å². The van der Waals surface area contributed by atoms with Crippen LogP contribution in [-0.2, 0) is 6.18 Å². The molecule has 1 aliphatic carbocycles. The number of hydrogen-bond donors (Lipinski definition) is 1. The summed E-state index contributed by atoms with van der Waals surface area (Å²) in [5, 5.41) is 2.82. The first-order valence-electron chi connectivity index (χ1n) is 8.47. The molecule has 0 atom stereocenters. The van der Waals surface area contributed by atoms with Crippen molar-refractivity contribution < 1.29 is 22.7 Å². The minimum absolute atomic E-state index is 0.0201. The third-order valence-corrected chi connectivity index (χ3v) is 4.39. The van der Waals surface area contributed by atoms with Gasteiger partial charge >= 0.3 is 6.18 Å². The van der Waals surface area contributed by atoms with Crippen molar-refractivity contribution in [1.82, 2.24) is 10.3 Å². The largest absolute Gasteiger partial charge is 0.474 e. The van der Waals surface area contributed by atoms with E-state index in [0.29, 0.717) is 18.7 Å². The molecule has 1 aliphatic rings. The number of nitrogens with zero attached hydrogens (tertiary/aromatic N) is 1. The highest BCUT2D eigenvalue weighted by atomic mass is 19.4. The molecule has 1 heterocycles. The summed E-state index contributed by atoms with van der Waals surface area (Å²) in [7, 11) is 0. The quantitative estimate of drug-likeness (QED) is 0.884. The predicted octanol–water partition coefficient (Wildman–Crippen LogP) is 4.22. The SMILES string of the molecule is O=C(NC1CCC(Oc2ccccn2)CC1)c1cccc(C(F)(F)F)c1. The van der Waals surface area contributed by atoms with Gasteiger partial charge in [-0.2, -0.15) is 13.2 Å². The zero-order valence-electron chi connectivity index (χ0n) is 14.0. The summed E-state index contributed by atoms with van der Waals surface area (Å²) < 4.78 is 44.1. The number of ether oxygens (including phenoxy) is 1. The van der Waals surface area contributed by atoms with E-state index in [-0.39, 0.29) is 17.7 Å². The van der Waals surface area contributed by atoms with E-state index in [9.17, 15) is 18.0 Å². The van der Waals surface area contributed by atoms with E-state index in [1.165, 1.54) is 12.1 Å². The first-order chi connectivity index (χ1) is 12.4. The number of rotatable bonds is 4. The van der Waals surface area contributed by atoms with E-state index in [1.54, 1.807) is 12.3 Å². The molecule has 7 heteroatoms. The van der Waals surface area contributed by atoms with Crippen molar-refractivity contribution in [2.24, 2.45) is 0 Å². The van der Waals surface area contributed by atoms with Crippen molar-refractivity contribution in [3.05, 3.63) is 59.8 Å². The molecule has 0 radical (unpaired) electrons. The number of halogens is 3. The standard InChI is InChI=1S/C19H19F3N2O2/c20-19(21,22)14-5-3-4-13(12-14)18(25)24-15-7-9-16(10-8-15)26-17-6-1-2-11-23-17/h1-6,11-12,15-16H,7-10H2,(H,24,25). The number of carbonyl (C=O) groups excluding carboxylic acids is 1. The molecule has 0 bridgehead atoms. The van der Waals surface area contributed by atoms with Gasteiger partial charge in [-0.3, -0.25) is 4.79 Å². The molecule has 1 fully saturated rings. The predicted molar refractivity (Wildman–Crippen MR) is 89.8 cm³/mol. The zero-order valence-corrected chi connectivity index (χ0v) is 14.0. The van der Waals surface area contributed by atoms with Gasteiger partial charge in [0.2, 0.25) is 5.88 Å². The summed E-state index contributed by atoms with van der Waals surface area (Å²) >= 11 is 0. The number of hydrogen-bond acceptors (Lipinski definition) is 3. The van der Waals surface area contributed by atoms with Gasteiger partial charge in [0.1, 0.15) is 6.10 Å². The van der Waals surface area contributed by atoms with Crippen LogP contribution in [0.2, 0.25) is 0 Å². The molecule has 1 aromatic heterocycles. The zero-order chi connectivity index (χ0) is 18.6. The Bertz CT molecular complexity index is 742. The lowest BCUT2D eigenvalue weighted by molar-refractivity contribution is -0.137. The van der Waals surface area contributed by atoms with Crippen LogP contribution in [0.1, 0.15) is 41.6 Å². The van der Waals surface area contributed by atoms with Gasteiger partial charge in [0, 0.05) is 23.9 Å². The van der Waals surface area contributed by atoms with Crippen molar-refractivity contribution in [2.75, 3.05) is 0 Å². The minimum Gasteiger partial charge on any atom is -0.474 e. The topological polar surface area (TPSA) is 51.2 Å². The van der Waals surface area contributed by atoms with Crippen LogP contribution >= 0.6 is 0 Å². The lowest BCUT2D eigenvalue weighted by Gasteiger charge is -2.29. The van der Waals surface area contributed by atoms with E-state index in [2.05, 4.69) is 10.3 Å². The number of benzene rings is 1. The van der Waals surface area contributed by atoms with Gasteiger partial charge in [0.15, 0.2) is 0 Å². The molecular weight excluding hydrogens is 345 g/mol. The van der Waals surface area contributed by atoms with Gasteiger partial charge in [-0.1, -0.05) is 12.1 Å². The van der Waals surface area contributed by atoms with E-state index < -0.39 is 17.6 Å². The molecule has 1 N–H and O–H groups in total. The van der Waals surface area contributed by atoms with Crippen molar-refractivity contribution in [2.45, 2.75) is 44.0 Å². The lowest BCUT2D eigenvalue weighted by Crippen LogP contribution is -2.39. The Morgan fingerprint density at radius 2 is 1.85 bits per heavy atom. The van der Waals surface area contributed by atoms with Crippen LogP contribution < -0.4 is 10.1 Å². The molecule has 2 aromatic rings. The second kappa shape index (κ2) is 7.76. The number of pyridine rings is 1. The van der Waals surface area contributed by atoms with Crippen LogP contribution in [0, 0.1) is 0 Å². The Balaban J connectivity index is 1.52. The number of alkyl halides is 3. The van der Waals surface area contributed by atoms with Gasteiger partial charge in [0.05, 0.1) is 5.56 Å². The fourth-order valence-electron chi connectivity index (χ4n) is 3.02. The second-order valence-corrected chi connectivity index (χ2v) is 6.31. The monoisotopic (exact) mass is 364 g/mol. The first-order valence-corrected chi connectivity index (χ1v) is 8.47. The molecule has 0 unspecified atom stereocenters. The third-order valence-electron chi connectivity index (χ3n) is 4.39. The highest BCUT2D eigenvalue weighted by Gasteiger charge is 2.31. The van der Waals surface area contributed by atoms with E-state index in [1.807, 2.05) is 12.1 Å². The maximum Gasteiger partial charge on any atom is 0.416 e. The molecule has 1 aromatic carbocycles.